The lowest BCUT2D eigenvalue weighted by molar-refractivity contribution is -0.128. The molecule has 0 bridgehead atoms. The summed E-state index contributed by atoms with van der Waals surface area (Å²) in [6.07, 6.45) is 1.45. The number of nitrogens with zero attached hydrogens (tertiary/aromatic N) is 3. The number of nitriles is 1. The molecule has 6 nitrogen and oxygen atoms in total. The minimum Gasteiger partial charge on any atom is -0.497 e. The van der Waals surface area contributed by atoms with Crippen LogP contribution in [0.4, 0.5) is 5.69 Å². The highest BCUT2D eigenvalue weighted by Gasteiger charge is 2.21. The third-order valence-corrected chi connectivity index (χ3v) is 3.59. The number of amides is 1. The number of benzene rings is 1. The molecule has 22 heavy (non-hydrogen) atoms. The van der Waals surface area contributed by atoms with E-state index in [-0.39, 0.29) is 11.5 Å². The molecule has 116 valence electrons. The lowest BCUT2D eigenvalue weighted by Gasteiger charge is -2.32. The van der Waals surface area contributed by atoms with Gasteiger partial charge in [-0.25, -0.2) is 0 Å². The summed E-state index contributed by atoms with van der Waals surface area (Å²) in [4.78, 5) is 16.2. The maximum Gasteiger partial charge on any atom is 0.266 e. The fourth-order valence-electron chi connectivity index (χ4n) is 2.19. The van der Waals surface area contributed by atoms with E-state index < -0.39 is 0 Å². The summed E-state index contributed by atoms with van der Waals surface area (Å²) in [6, 6.07) is 9.28. The molecule has 1 heterocycles. The second kappa shape index (κ2) is 7.48. The SMILES string of the molecule is COc1cccc(N/C=C(/C#N)C(=O)N2CCN(C)CC2)c1. The number of anilines is 1. The molecule has 0 aromatic heterocycles. The summed E-state index contributed by atoms with van der Waals surface area (Å²) in [6.45, 7) is 2.95. The van der Waals surface area contributed by atoms with Crippen LogP contribution in [0, 0.1) is 11.3 Å². The smallest absolute Gasteiger partial charge is 0.266 e. The molecule has 0 saturated carbocycles. The average Bonchev–Trinajstić information content (AvgIpc) is 2.56. The van der Waals surface area contributed by atoms with Crippen molar-refractivity contribution in [3.8, 4) is 11.8 Å². The molecular formula is C16H20N4O2. The molecule has 1 N–H and O–H groups in total. The van der Waals surface area contributed by atoms with Crippen LogP contribution in [-0.4, -0.2) is 56.0 Å². The molecule has 0 atom stereocenters. The van der Waals surface area contributed by atoms with Gasteiger partial charge in [-0.1, -0.05) is 6.07 Å². The summed E-state index contributed by atoms with van der Waals surface area (Å²) >= 11 is 0. The van der Waals surface area contributed by atoms with Crippen molar-refractivity contribution in [2.24, 2.45) is 0 Å². The highest BCUT2D eigenvalue weighted by molar-refractivity contribution is 5.97. The highest BCUT2D eigenvalue weighted by Crippen LogP contribution is 2.17. The Hall–Kier alpha value is -2.52. The van der Waals surface area contributed by atoms with E-state index in [0.29, 0.717) is 18.8 Å². The Bertz CT molecular complexity index is 598. The molecule has 0 spiro atoms. The second-order valence-corrected chi connectivity index (χ2v) is 5.14. The maximum atomic E-state index is 12.3. The molecule has 1 saturated heterocycles. The van der Waals surface area contributed by atoms with Crippen molar-refractivity contribution in [3.05, 3.63) is 36.0 Å². The fraction of sp³-hybridized carbons (Fsp3) is 0.375. The summed E-state index contributed by atoms with van der Waals surface area (Å²) in [5.41, 5.74) is 0.866. The molecule has 6 heteroatoms. The summed E-state index contributed by atoms with van der Waals surface area (Å²) < 4.78 is 5.14. The van der Waals surface area contributed by atoms with E-state index >= 15 is 0 Å². The lowest BCUT2D eigenvalue weighted by Crippen LogP contribution is -2.47. The highest BCUT2D eigenvalue weighted by atomic mass is 16.5. The van der Waals surface area contributed by atoms with Gasteiger partial charge in [-0.2, -0.15) is 5.26 Å². The molecule has 0 radical (unpaired) electrons. The summed E-state index contributed by atoms with van der Waals surface area (Å²) in [5.74, 6) is 0.480. The van der Waals surface area contributed by atoms with Gasteiger partial charge in [0.1, 0.15) is 17.4 Å². The van der Waals surface area contributed by atoms with Gasteiger partial charge in [0.25, 0.3) is 5.91 Å². The normalized spacial score (nSPS) is 16.0. The first-order valence-electron chi connectivity index (χ1n) is 7.12. The van der Waals surface area contributed by atoms with Crippen LogP contribution >= 0.6 is 0 Å². The van der Waals surface area contributed by atoms with Gasteiger partial charge in [0.05, 0.1) is 7.11 Å². The Balaban J connectivity index is 2.04. The van der Waals surface area contributed by atoms with Gasteiger partial charge in [-0.3, -0.25) is 4.79 Å². The van der Waals surface area contributed by atoms with E-state index in [2.05, 4.69) is 10.2 Å². The van der Waals surface area contributed by atoms with Gasteiger partial charge in [0.15, 0.2) is 0 Å². The van der Waals surface area contributed by atoms with Crippen LogP contribution < -0.4 is 10.1 Å². The first kappa shape index (κ1) is 15.9. The van der Waals surface area contributed by atoms with Gasteiger partial charge in [-0.15, -0.1) is 0 Å². The number of hydrogen-bond donors (Lipinski definition) is 1. The molecule has 1 aromatic carbocycles. The molecule has 1 aromatic rings. The topological polar surface area (TPSA) is 68.6 Å². The monoisotopic (exact) mass is 300 g/mol. The fourth-order valence-corrected chi connectivity index (χ4v) is 2.19. The van der Waals surface area contributed by atoms with Crippen LogP contribution in [0.25, 0.3) is 0 Å². The molecule has 0 aliphatic carbocycles. The predicted octanol–water partition coefficient (Wildman–Crippen LogP) is 1.29. The Kier molecular flexibility index (Phi) is 5.39. The van der Waals surface area contributed by atoms with Gasteiger partial charge in [0, 0.05) is 44.1 Å². The maximum absolute atomic E-state index is 12.3. The Morgan fingerprint density at radius 3 is 2.73 bits per heavy atom. The van der Waals surface area contributed by atoms with E-state index in [1.165, 1.54) is 6.20 Å². The number of methoxy groups -OCH3 is 1. The minimum absolute atomic E-state index is 0.104. The summed E-state index contributed by atoms with van der Waals surface area (Å²) in [5, 5.41) is 12.2. The van der Waals surface area contributed by atoms with E-state index in [0.717, 1.165) is 18.8 Å². The number of carbonyl (C=O) groups excluding carboxylic acids is 1. The number of piperazine rings is 1. The van der Waals surface area contributed by atoms with Crippen molar-refractivity contribution >= 4 is 11.6 Å². The van der Waals surface area contributed by atoms with Gasteiger partial charge >= 0.3 is 0 Å². The minimum atomic E-state index is -0.231. The third kappa shape index (κ3) is 3.99. The zero-order valence-electron chi connectivity index (χ0n) is 12.9. The molecule has 0 unspecified atom stereocenters. The number of ether oxygens (including phenoxy) is 1. The van der Waals surface area contributed by atoms with Gasteiger partial charge < -0.3 is 19.9 Å². The number of likely N-dealkylation sites (N-methyl/N-ethyl adjacent to an activating group) is 1. The first-order chi connectivity index (χ1) is 10.6. The predicted molar refractivity (Wildman–Crippen MR) is 84.4 cm³/mol. The van der Waals surface area contributed by atoms with Crippen molar-refractivity contribution in [1.82, 2.24) is 9.80 Å². The molecule has 1 amide bonds. The van der Waals surface area contributed by atoms with Crippen molar-refractivity contribution in [1.29, 1.82) is 5.26 Å². The Morgan fingerprint density at radius 2 is 2.09 bits per heavy atom. The van der Waals surface area contributed by atoms with Crippen LogP contribution in [0.3, 0.4) is 0 Å². The standard InChI is InChI=1S/C16H20N4O2/c1-19-6-8-20(9-7-19)16(21)13(11-17)12-18-14-4-3-5-15(10-14)22-2/h3-5,10,12,18H,6-9H2,1-2H3/b13-12-. The zero-order chi connectivity index (χ0) is 15.9. The van der Waals surface area contributed by atoms with E-state index in [4.69, 9.17) is 4.74 Å². The molecule has 1 fully saturated rings. The van der Waals surface area contributed by atoms with Gasteiger partial charge in [-0.05, 0) is 19.2 Å². The van der Waals surface area contributed by atoms with E-state index in [9.17, 15) is 10.1 Å². The summed E-state index contributed by atoms with van der Waals surface area (Å²) in [7, 11) is 3.61. The van der Waals surface area contributed by atoms with Gasteiger partial charge in [0.2, 0.25) is 0 Å². The van der Waals surface area contributed by atoms with E-state index in [1.54, 1.807) is 18.1 Å². The molecule has 2 rings (SSSR count). The Morgan fingerprint density at radius 1 is 1.36 bits per heavy atom. The quantitative estimate of drug-likeness (QED) is 0.670. The van der Waals surface area contributed by atoms with Crippen molar-refractivity contribution in [2.75, 3.05) is 45.7 Å². The largest absolute Gasteiger partial charge is 0.497 e. The zero-order valence-corrected chi connectivity index (χ0v) is 12.9. The molecular weight excluding hydrogens is 280 g/mol. The first-order valence-corrected chi connectivity index (χ1v) is 7.12. The van der Waals surface area contributed by atoms with Crippen molar-refractivity contribution in [3.63, 3.8) is 0 Å². The Labute approximate surface area is 130 Å². The number of nitrogens with one attached hydrogen (secondary N) is 1. The number of rotatable bonds is 4. The third-order valence-electron chi connectivity index (χ3n) is 3.59. The second-order valence-electron chi connectivity index (χ2n) is 5.14. The van der Waals surface area contributed by atoms with Crippen LogP contribution in [0.15, 0.2) is 36.0 Å². The molecule has 1 aliphatic rings. The van der Waals surface area contributed by atoms with Crippen LogP contribution in [0.2, 0.25) is 0 Å². The average molecular weight is 300 g/mol. The van der Waals surface area contributed by atoms with Crippen LogP contribution in [-0.2, 0) is 4.79 Å². The lowest BCUT2D eigenvalue weighted by atomic mass is 10.2. The van der Waals surface area contributed by atoms with Crippen LogP contribution in [0.1, 0.15) is 0 Å². The number of carbonyl (C=O) groups is 1. The van der Waals surface area contributed by atoms with E-state index in [1.807, 2.05) is 31.3 Å². The molecule has 1 aliphatic heterocycles. The number of hydrogen-bond acceptors (Lipinski definition) is 5. The van der Waals surface area contributed by atoms with Crippen molar-refractivity contribution in [2.45, 2.75) is 0 Å². The van der Waals surface area contributed by atoms with Crippen molar-refractivity contribution < 1.29 is 9.53 Å². The van der Waals surface area contributed by atoms with Crippen LogP contribution in [0.5, 0.6) is 5.75 Å².